The summed E-state index contributed by atoms with van der Waals surface area (Å²) in [6, 6.07) is 33.0. The van der Waals surface area contributed by atoms with Gasteiger partial charge in [-0.05, 0) is 56.1 Å². The average Bonchev–Trinajstić information content (AvgIpc) is 2.86. The van der Waals surface area contributed by atoms with Gasteiger partial charge < -0.3 is 0 Å². The molecule has 0 N–H and O–H groups in total. The third kappa shape index (κ3) is 3.97. The largest absolute Gasteiger partial charge is 0.524 e. The zero-order chi connectivity index (χ0) is 24.7. The van der Waals surface area contributed by atoms with Gasteiger partial charge >= 0.3 is 15.6 Å². The lowest BCUT2D eigenvalue weighted by molar-refractivity contribution is -0.0496. The first-order valence-electron chi connectivity index (χ1n) is 10.6. The van der Waals surface area contributed by atoms with Gasteiger partial charge in [0, 0.05) is 14.7 Å². The van der Waals surface area contributed by atoms with Crippen LogP contribution in [0.2, 0.25) is 0 Å². The van der Waals surface area contributed by atoms with Crippen molar-refractivity contribution in [1.29, 1.82) is 0 Å². The lowest BCUT2D eigenvalue weighted by atomic mass is 10.1. The zero-order valence-corrected chi connectivity index (χ0v) is 19.8. The zero-order valence-electron chi connectivity index (χ0n) is 18.1. The van der Waals surface area contributed by atoms with Crippen LogP contribution in [0.15, 0.2) is 130 Å². The summed E-state index contributed by atoms with van der Waals surface area (Å²) in [7, 11) is -9.43. The van der Waals surface area contributed by atoms with E-state index in [1.807, 2.05) is 36.4 Å². The van der Waals surface area contributed by atoms with Gasteiger partial charge in [0.15, 0.2) is 0 Å². The van der Waals surface area contributed by atoms with Crippen molar-refractivity contribution in [2.45, 2.75) is 20.2 Å². The maximum Gasteiger partial charge on any atom is 0.524 e. The summed E-state index contributed by atoms with van der Waals surface area (Å²) in [5.74, 6) is 0. The molecule has 0 radical (unpaired) electrons. The molecule has 0 aliphatic heterocycles. The molecule has 0 aliphatic carbocycles. The molecule has 5 aromatic carbocycles. The van der Waals surface area contributed by atoms with E-state index in [-0.39, 0.29) is 0 Å². The number of hydrogen-bond donors (Lipinski definition) is 0. The summed E-state index contributed by atoms with van der Waals surface area (Å²) < 4.78 is 72.5. The van der Waals surface area contributed by atoms with Crippen LogP contribution >= 0.6 is 10.3 Å². The first-order chi connectivity index (χ1) is 16.7. The van der Waals surface area contributed by atoms with Crippen LogP contribution in [0.25, 0.3) is 21.5 Å². The Bertz CT molecular complexity index is 1540. The highest BCUT2D eigenvalue weighted by molar-refractivity contribution is 8.33. The second-order valence-electron chi connectivity index (χ2n) is 7.79. The van der Waals surface area contributed by atoms with E-state index in [4.69, 9.17) is 3.63 Å². The van der Waals surface area contributed by atoms with Gasteiger partial charge in [-0.25, -0.2) is 0 Å². The summed E-state index contributed by atoms with van der Waals surface area (Å²) in [6.07, 6.45) is 0. The van der Waals surface area contributed by atoms with Gasteiger partial charge in [-0.3, -0.25) is 0 Å². The Hall–Kier alpha value is -3.33. The van der Waals surface area contributed by atoms with E-state index in [1.54, 1.807) is 78.9 Å². The minimum atomic E-state index is -6.00. The molecule has 0 aliphatic rings. The average molecular weight is 513 g/mol. The molecule has 0 atom stereocenters. The first-order valence-corrected chi connectivity index (χ1v) is 13.6. The van der Waals surface area contributed by atoms with Gasteiger partial charge in [0.2, 0.25) is 0 Å². The predicted octanol–water partition coefficient (Wildman–Crippen LogP) is 8.06. The molecule has 0 unspecified atom stereocenters. The van der Waals surface area contributed by atoms with Crippen LogP contribution in [0.5, 0.6) is 0 Å². The van der Waals surface area contributed by atoms with Crippen molar-refractivity contribution >= 4 is 42.0 Å². The molecular weight excluding hydrogens is 493 g/mol. The minimum absolute atomic E-state index is 0.334. The van der Waals surface area contributed by atoms with E-state index < -0.39 is 25.9 Å². The van der Waals surface area contributed by atoms with E-state index >= 15 is 0 Å². The minimum Gasteiger partial charge on any atom is -0.200 e. The van der Waals surface area contributed by atoms with Crippen LogP contribution in [-0.2, 0) is 13.7 Å². The highest BCUT2D eigenvalue weighted by Crippen LogP contribution is 2.72. The summed E-state index contributed by atoms with van der Waals surface area (Å²) in [6.45, 7) is 0. The lowest BCUT2D eigenvalue weighted by Gasteiger charge is -2.40. The molecule has 0 spiro atoms. The van der Waals surface area contributed by atoms with Crippen molar-refractivity contribution in [2.75, 3.05) is 0 Å². The highest BCUT2D eigenvalue weighted by atomic mass is 32.3. The van der Waals surface area contributed by atoms with E-state index in [2.05, 4.69) is 0 Å². The van der Waals surface area contributed by atoms with Crippen LogP contribution in [0, 0.1) is 0 Å². The summed E-state index contributed by atoms with van der Waals surface area (Å²) in [5, 5.41) is 2.73. The molecule has 5 rings (SSSR count). The first kappa shape index (κ1) is 23.4. The third-order valence-electron chi connectivity index (χ3n) is 5.67. The fourth-order valence-electron chi connectivity index (χ4n) is 4.16. The van der Waals surface area contributed by atoms with Crippen molar-refractivity contribution in [3.8, 4) is 0 Å². The van der Waals surface area contributed by atoms with E-state index in [1.165, 1.54) is 0 Å². The van der Waals surface area contributed by atoms with Crippen LogP contribution in [0.1, 0.15) is 0 Å². The molecule has 35 heavy (non-hydrogen) atoms. The summed E-state index contributed by atoms with van der Waals surface area (Å²) in [4.78, 5) is 1.07. The van der Waals surface area contributed by atoms with Crippen molar-refractivity contribution in [1.82, 2.24) is 0 Å². The van der Waals surface area contributed by atoms with Gasteiger partial charge in [0.05, 0.1) is 0 Å². The predicted molar refractivity (Wildman–Crippen MR) is 133 cm³/mol. The molecule has 0 bridgehead atoms. The number of fused-ring (bicyclic) bond motifs is 2. The SMILES string of the molecule is O=S(=O)(OS(c1ccccc1)(c1cccc2ccccc12)c1cccc2ccccc12)C(F)(F)F. The van der Waals surface area contributed by atoms with Crippen LogP contribution in [0.4, 0.5) is 13.2 Å². The summed E-state index contributed by atoms with van der Waals surface area (Å²) >= 11 is 0. The van der Waals surface area contributed by atoms with Gasteiger partial charge in [-0.15, -0.1) is 0 Å². The molecule has 0 aromatic heterocycles. The molecule has 0 heterocycles. The maximum absolute atomic E-state index is 13.8. The van der Waals surface area contributed by atoms with E-state index in [9.17, 15) is 21.6 Å². The van der Waals surface area contributed by atoms with Crippen LogP contribution in [0.3, 0.4) is 0 Å². The Morgan fingerprint density at radius 2 is 0.971 bits per heavy atom. The number of hydrogen-bond acceptors (Lipinski definition) is 3. The second-order valence-corrected chi connectivity index (χ2v) is 12.2. The van der Waals surface area contributed by atoms with Crippen molar-refractivity contribution in [3.05, 3.63) is 115 Å². The smallest absolute Gasteiger partial charge is 0.200 e. The highest BCUT2D eigenvalue weighted by Gasteiger charge is 2.53. The normalized spacial score (nSPS) is 13.2. The third-order valence-corrected chi connectivity index (χ3v) is 10.7. The monoisotopic (exact) mass is 512 g/mol. The molecule has 0 saturated carbocycles. The van der Waals surface area contributed by atoms with Crippen LogP contribution in [-0.4, -0.2) is 13.9 Å². The van der Waals surface area contributed by atoms with Gasteiger partial charge in [0.25, 0.3) is 0 Å². The van der Waals surface area contributed by atoms with Gasteiger partial charge in [-0.1, -0.05) is 91.0 Å². The number of benzene rings is 5. The lowest BCUT2D eigenvalue weighted by Crippen LogP contribution is -2.27. The molecule has 8 heteroatoms. The molecule has 0 saturated heterocycles. The number of rotatable bonds is 5. The fourth-order valence-corrected chi connectivity index (χ4v) is 9.26. The summed E-state index contributed by atoms with van der Waals surface area (Å²) in [5.41, 5.74) is -5.60. The molecule has 0 amide bonds. The molecule has 178 valence electrons. The molecular formula is C27H19F3O3S2. The van der Waals surface area contributed by atoms with E-state index in [0.717, 1.165) is 10.8 Å². The molecule has 3 nitrogen and oxygen atoms in total. The molecule has 0 fully saturated rings. The van der Waals surface area contributed by atoms with Gasteiger partial charge in [0.1, 0.15) is 0 Å². The van der Waals surface area contributed by atoms with E-state index in [0.29, 0.717) is 25.5 Å². The van der Waals surface area contributed by atoms with Crippen molar-refractivity contribution in [3.63, 3.8) is 0 Å². The fraction of sp³-hybridized carbons (Fsp3) is 0.0370. The molecule has 5 aromatic rings. The second kappa shape index (κ2) is 8.71. The van der Waals surface area contributed by atoms with Gasteiger partial charge in [-0.2, -0.15) is 25.2 Å². The Morgan fingerprint density at radius 1 is 0.543 bits per heavy atom. The number of alkyl halides is 3. The number of halogens is 3. The van der Waals surface area contributed by atoms with Crippen molar-refractivity contribution < 1.29 is 25.2 Å². The Labute approximate surface area is 202 Å². The standard InChI is InChI=1S/C27H19F3O3S2/c28-27(29,30)35(31,32)33-34(22-14-2-1-3-15-22,25-18-8-12-20-10-4-6-16-23(20)25)26-19-9-13-21-11-5-7-17-24(21)26/h1-19H. The topological polar surface area (TPSA) is 43.4 Å². The van der Waals surface area contributed by atoms with Crippen molar-refractivity contribution in [2.24, 2.45) is 0 Å². The Morgan fingerprint density at radius 3 is 1.46 bits per heavy atom. The quantitative estimate of drug-likeness (QED) is 0.224. The van der Waals surface area contributed by atoms with Crippen LogP contribution < -0.4 is 0 Å². The Kier molecular flexibility index (Phi) is 5.83. The maximum atomic E-state index is 13.8. The Balaban J connectivity index is 2.00.